The molecule has 0 aliphatic heterocycles. The molecule has 0 fully saturated rings. The highest BCUT2D eigenvalue weighted by atomic mass is 16.2. The van der Waals surface area contributed by atoms with Gasteiger partial charge in [-0.2, -0.15) is 0 Å². The average molecular weight is 734 g/mol. The Morgan fingerprint density at radius 1 is 0.472 bits per heavy atom. The van der Waals surface area contributed by atoms with Gasteiger partial charge in [-0.25, -0.2) is 0 Å². The lowest BCUT2D eigenvalue weighted by molar-refractivity contribution is -0.115. The van der Waals surface area contributed by atoms with E-state index in [4.69, 9.17) is 11.5 Å². The number of carbonyl (C=O) groups excluding carboxylic acids is 6. The van der Waals surface area contributed by atoms with Gasteiger partial charge in [0.25, 0.3) is 23.6 Å². The van der Waals surface area contributed by atoms with Gasteiger partial charge in [-0.15, -0.1) is 0 Å². The van der Waals surface area contributed by atoms with Crippen molar-refractivity contribution in [2.45, 2.75) is 12.8 Å². The molecule has 4 aromatic heterocycles. The first-order valence-corrected chi connectivity index (χ1v) is 16.8. The Balaban J connectivity index is 1.11. The van der Waals surface area contributed by atoms with E-state index >= 15 is 0 Å². The second-order valence-electron chi connectivity index (χ2n) is 12.3. The lowest BCUT2D eigenvalue weighted by Gasteiger charge is -2.08. The van der Waals surface area contributed by atoms with Crippen LogP contribution in [0.5, 0.6) is 0 Å². The first-order valence-electron chi connectivity index (χ1n) is 16.8. The molecular weight excluding hydrogens is 686 g/mol. The Hall–Kier alpha value is -6.18. The van der Waals surface area contributed by atoms with Gasteiger partial charge in [-0.1, -0.05) is 0 Å². The Labute approximate surface area is 305 Å². The van der Waals surface area contributed by atoms with Gasteiger partial charge in [-0.05, 0) is 50.2 Å². The van der Waals surface area contributed by atoms with Crippen molar-refractivity contribution in [3.05, 3.63) is 71.8 Å². The number of anilines is 4. The molecule has 0 bridgehead atoms. The molecule has 19 heteroatoms. The summed E-state index contributed by atoms with van der Waals surface area (Å²) in [5.74, 6) is -2.13. The summed E-state index contributed by atoms with van der Waals surface area (Å²) in [7, 11) is 6.77. The summed E-state index contributed by atoms with van der Waals surface area (Å²) < 4.78 is 6.39. The average Bonchev–Trinajstić information content (AvgIpc) is 3.88. The zero-order valence-corrected chi connectivity index (χ0v) is 30.2. The summed E-state index contributed by atoms with van der Waals surface area (Å²) in [6.07, 6.45) is 7.82. The maximum absolute atomic E-state index is 12.8. The van der Waals surface area contributed by atoms with E-state index in [0.717, 1.165) is 0 Å². The molecule has 4 rings (SSSR count). The Morgan fingerprint density at radius 3 is 1.09 bits per heavy atom. The van der Waals surface area contributed by atoms with Gasteiger partial charge in [0.05, 0.1) is 35.8 Å². The molecule has 4 heterocycles. The topological polar surface area (TPSA) is 258 Å². The summed E-state index contributed by atoms with van der Waals surface area (Å²) in [5.41, 5.74) is 13.8. The summed E-state index contributed by atoms with van der Waals surface area (Å²) in [4.78, 5) is 74.3. The number of nitrogens with one attached hydrogen (secondary N) is 7. The number of hydrogen-bond acceptors (Lipinski definition) is 9. The maximum Gasteiger partial charge on any atom is 0.272 e. The molecule has 11 N–H and O–H groups in total. The summed E-state index contributed by atoms with van der Waals surface area (Å²) in [5, 5.41) is 19.8. The van der Waals surface area contributed by atoms with Crippen LogP contribution in [0, 0.1) is 0 Å². The van der Waals surface area contributed by atoms with E-state index < -0.39 is 11.8 Å². The fourth-order valence-corrected chi connectivity index (χ4v) is 5.39. The summed E-state index contributed by atoms with van der Waals surface area (Å²) in [6, 6.07) is 6.24. The van der Waals surface area contributed by atoms with Gasteiger partial charge in [0.1, 0.15) is 22.8 Å². The van der Waals surface area contributed by atoms with Gasteiger partial charge in [0.15, 0.2) is 0 Å². The third-order valence-electron chi connectivity index (χ3n) is 8.04. The number of carbonyl (C=O) groups is 6. The van der Waals surface area contributed by atoms with E-state index in [0.29, 0.717) is 84.5 Å². The number of aryl methyl sites for hydroxylation is 4. The molecule has 0 unspecified atom stereocenters. The van der Waals surface area contributed by atoms with Crippen LogP contribution in [0.4, 0.5) is 22.7 Å². The molecule has 0 aromatic carbocycles. The molecule has 0 atom stereocenters. The van der Waals surface area contributed by atoms with Crippen LogP contribution >= 0.6 is 0 Å². The zero-order chi connectivity index (χ0) is 38.7. The van der Waals surface area contributed by atoms with Crippen LogP contribution in [0.1, 0.15) is 54.8 Å². The number of nitrogens with two attached hydrogens (primary N) is 2. The van der Waals surface area contributed by atoms with E-state index in [1.807, 2.05) is 0 Å². The zero-order valence-electron chi connectivity index (χ0n) is 30.2. The van der Waals surface area contributed by atoms with Crippen LogP contribution in [0.2, 0.25) is 0 Å². The first-order chi connectivity index (χ1) is 25.3. The predicted octanol–water partition coefficient (Wildman–Crippen LogP) is -0.131. The molecule has 0 aliphatic carbocycles. The lowest BCUT2D eigenvalue weighted by atomic mass is 10.3. The molecule has 0 saturated carbocycles. The van der Waals surface area contributed by atoms with Crippen molar-refractivity contribution >= 4 is 58.2 Å². The molecule has 4 aromatic rings. The quantitative estimate of drug-likeness (QED) is 0.0617. The van der Waals surface area contributed by atoms with Crippen LogP contribution in [0.25, 0.3) is 0 Å². The number of aromatic nitrogens is 4. The Bertz CT molecular complexity index is 1830. The van der Waals surface area contributed by atoms with E-state index in [9.17, 15) is 28.8 Å². The third kappa shape index (κ3) is 10.9. The standard InChI is InChI=1S/C34H47N13O6/c1-44-19-23(42-33(52)27-11-21(17-46(27)3)40-29(48)15-35)13-25(44)31(50)38-9-5-7-37-8-6-10-39-32(51)26-14-24(20-45(26)2)43-34(53)28-12-22(18-47(28)4)41-30(49)16-36/h11-14,17-20,37H,5-10,15-16,35-36H2,1-4H3,(H,38,50)(H,39,51)(H,40,48)(H,41,49)(H,42,52)(H,43,53). The van der Waals surface area contributed by atoms with Crippen molar-refractivity contribution in [2.75, 3.05) is 60.5 Å². The minimum atomic E-state index is -0.407. The molecule has 284 valence electrons. The normalized spacial score (nSPS) is 10.8. The van der Waals surface area contributed by atoms with Gasteiger partial charge < -0.3 is 67.0 Å². The van der Waals surface area contributed by atoms with Gasteiger partial charge in [0.2, 0.25) is 11.8 Å². The fraction of sp³-hybridized carbons (Fsp3) is 0.353. The highest BCUT2D eigenvalue weighted by molar-refractivity contribution is 6.06. The van der Waals surface area contributed by atoms with Crippen LogP contribution < -0.4 is 48.7 Å². The second kappa shape index (κ2) is 18.4. The monoisotopic (exact) mass is 733 g/mol. The fourth-order valence-electron chi connectivity index (χ4n) is 5.39. The first kappa shape index (κ1) is 39.6. The second-order valence-corrected chi connectivity index (χ2v) is 12.3. The van der Waals surface area contributed by atoms with Crippen molar-refractivity contribution in [1.29, 1.82) is 0 Å². The van der Waals surface area contributed by atoms with Gasteiger partial charge in [0, 0.05) is 66.1 Å². The van der Waals surface area contributed by atoms with E-state index in [1.165, 1.54) is 12.1 Å². The van der Waals surface area contributed by atoms with E-state index in [1.54, 1.807) is 83.4 Å². The van der Waals surface area contributed by atoms with Crippen LogP contribution in [-0.4, -0.2) is 93.0 Å². The van der Waals surface area contributed by atoms with E-state index in [2.05, 4.69) is 37.2 Å². The van der Waals surface area contributed by atoms with Crippen molar-refractivity contribution in [2.24, 2.45) is 39.7 Å². The molecule has 0 aliphatic rings. The van der Waals surface area contributed by atoms with Crippen molar-refractivity contribution < 1.29 is 28.8 Å². The number of rotatable bonds is 18. The number of nitrogens with zero attached hydrogens (tertiary/aromatic N) is 4. The molecule has 53 heavy (non-hydrogen) atoms. The number of hydrogen-bond donors (Lipinski definition) is 9. The molecule has 19 nitrogen and oxygen atoms in total. The minimum absolute atomic E-state index is 0.174. The van der Waals surface area contributed by atoms with Crippen LogP contribution in [0.3, 0.4) is 0 Å². The van der Waals surface area contributed by atoms with Crippen molar-refractivity contribution in [3.8, 4) is 0 Å². The lowest BCUT2D eigenvalue weighted by Crippen LogP contribution is -2.30. The van der Waals surface area contributed by atoms with Crippen LogP contribution in [0.15, 0.2) is 49.1 Å². The minimum Gasteiger partial charge on any atom is -0.351 e. The summed E-state index contributed by atoms with van der Waals surface area (Å²) in [6.45, 7) is 1.81. The SMILES string of the molecule is Cn1cc(NC(=O)c2cc(NC(=O)CN)cn2C)cc1C(=O)NCCCNCCCNC(=O)c1cc(NC(=O)c2cc(NC(=O)CN)cn2C)cn1C. The van der Waals surface area contributed by atoms with Crippen LogP contribution in [-0.2, 0) is 37.8 Å². The molecule has 0 radical (unpaired) electrons. The largest absolute Gasteiger partial charge is 0.351 e. The summed E-state index contributed by atoms with van der Waals surface area (Å²) >= 11 is 0. The Kier molecular flexibility index (Phi) is 13.7. The van der Waals surface area contributed by atoms with E-state index in [-0.39, 0.29) is 36.7 Å². The highest BCUT2D eigenvalue weighted by Crippen LogP contribution is 2.19. The number of amides is 6. The molecule has 0 saturated heterocycles. The van der Waals surface area contributed by atoms with Crippen molar-refractivity contribution in [3.63, 3.8) is 0 Å². The third-order valence-corrected chi connectivity index (χ3v) is 8.04. The smallest absolute Gasteiger partial charge is 0.272 e. The predicted molar refractivity (Wildman–Crippen MR) is 200 cm³/mol. The molecule has 0 spiro atoms. The molecular formula is C34H47N13O6. The Morgan fingerprint density at radius 2 is 0.774 bits per heavy atom. The van der Waals surface area contributed by atoms with Crippen molar-refractivity contribution in [1.82, 2.24) is 34.2 Å². The highest BCUT2D eigenvalue weighted by Gasteiger charge is 2.18. The molecule has 6 amide bonds. The van der Waals surface area contributed by atoms with Gasteiger partial charge >= 0.3 is 0 Å². The maximum atomic E-state index is 12.8. The van der Waals surface area contributed by atoms with Gasteiger partial charge in [-0.3, -0.25) is 28.8 Å².